The number of benzene rings is 3. The summed E-state index contributed by atoms with van der Waals surface area (Å²) in [6.07, 6.45) is -7.20. The van der Waals surface area contributed by atoms with Crippen molar-refractivity contribution < 1.29 is 40.3 Å². The monoisotopic (exact) mass is 592 g/mol. The average Bonchev–Trinajstić information content (AvgIpc) is 2.93. The van der Waals surface area contributed by atoms with Crippen LogP contribution in [0.15, 0.2) is 66.7 Å². The van der Waals surface area contributed by atoms with Crippen LogP contribution in [0.4, 0.5) is 30.7 Å². The van der Waals surface area contributed by atoms with Crippen molar-refractivity contribution in [2.75, 3.05) is 19.6 Å². The Morgan fingerprint density at radius 2 is 1.45 bits per heavy atom. The number of nitrogens with zero attached hydrogens (tertiary/aromatic N) is 2. The molecule has 0 aromatic heterocycles. The molecule has 1 unspecified atom stereocenters. The first-order valence-electron chi connectivity index (χ1n) is 13.0. The highest BCUT2D eigenvalue weighted by molar-refractivity contribution is 5.96. The molecule has 0 spiro atoms. The zero-order valence-electron chi connectivity index (χ0n) is 22.7. The molecule has 3 aromatic rings. The van der Waals surface area contributed by atoms with Gasteiger partial charge in [-0.2, -0.15) is 26.3 Å². The first-order valence-corrected chi connectivity index (χ1v) is 13.0. The van der Waals surface area contributed by atoms with Gasteiger partial charge in [-0.25, -0.2) is 4.39 Å². The van der Waals surface area contributed by atoms with Crippen LogP contribution in [0.25, 0.3) is 6.08 Å². The van der Waals surface area contributed by atoms with Crippen molar-refractivity contribution in [2.45, 2.75) is 38.7 Å². The Morgan fingerprint density at radius 1 is 0.833 bits per heavy atom. The molecule has 0 aliphatic carbocycles. The highest BCUT2D eigenvalue weighted by Crippen LogP contribution is 2.37. The fourth-order valence-electron chi connectivity index (χ4n) is 4.79. The van der Waals surface area contributed by atoms with Crippen LogP contribution in [0.5, 0.6) is 0 Å². The minimum atomic E-state index is -5.10. The molecule has 2 amide bonds. The first kappa shape index (κ1) is 30.8. The second-order valence-corrected chi connectivity index (χ2v) is 10.2. The molecule has 3 aromatic carbocycles. The lowest BCUT2D eigenvalue weighted by Crippen LogP contribution is -2.57. The standard InChI is InChI=1S/C31H27F7N2O2/c1-19-3-4-22(13-20(19)2)14-27-18-39(28(41)10-7-21-5-8-26(32)9-6-21)11-12-40(27)29(42)23-15-24(30(33,34)35)17-25(16-23)31(36,37)38/h3-10,13,15-17,27H,11-12,14,18H2,1-2H3/b10-7+. The Hall–Kier alpha value is -4.15. The van der Waals surface area contributed by atoms with E-state index >= 15 is 0 Å². The van der Waals surface area contributed by atoms with Gasteiger partial charge in [-0.1, -0.05) is 30.3 Å². The maximum absolute atomic E-state index is 13.5. The van der Waals surface area contributed by atoms with Crippen LogP contribution in [0.2, 0.25) is 0 Å². The molecule has 0 saturated carbocycles. The van der Waals surface area contributed by atoms with Crippen molar-refractivity contribution in [3.8, 4) is 0 Å². The summed E-state index contributed by atoms with van der Waals surface area (Å²) in [7, 11) is 0. The van der Waals surface area contributed by atoms with Crippen molar-refractivity contribution in [1.29, 1.82) is 0 Å². The zero-order valence-corrected chi connectivity index (χ0v) is 22.7. The average molecular weight is 593 g/mol. The second-order valence-electron chi connectivity index (χ2n) is 10.2. The SMILES string of the molecule is Cc1ccc(CC2CN(C(=O)/C=C/c3ccc(F)cc3)CCN2C(=O)c2cc(C(F)(F)F)cc(C(F)(F)F)c2)cc1C. The van der Waals surface area contributed by atoms with Gasteiger partial charge in [0, 0.05) is 31.3 Å². The summed E-state index contributed by atoms with van der Waals surface area (Å²) in [5.74, 6) is -1.83. The van der Waals surface area contributed by atoms with Gasteiger partial charge in [0.25, 0.3) is 5.91 Å². The molecule has 4 rings (SSSR count). The van der Waals surface area contributed by atoms with Crippen molar-refractivity contribution in [3.05, 3.63) is 112 Å². The number of aryl methyl sites for hydroxylation is 2. The molecule has 11 heteroatoms. The van der Waals surface area contributed by atoms with E-state index in [1.54, 1.807) is 0 Å². The fraction of sp³-hybridized carbons (Fsp3) is 0.290. The van der Waals surface area contributed by atoms with Gasteiger partial charge in [0.15, 0.2) is 0 Å². The minimum absolute atomic E-state index is 0.00363. The number of rotatable bonds is 5. The van der Waals surface area contributed by atoms with Crippen LogP contribution < -0.4 is 0 Å². The molecular formula is C31H27F7N2O2. The van der Waals surface area contributed by atoms with Gasteiger partial charge in [0.05, 0.1) is 17.2 Å². The molecule has 1 saturated heterocycles. The maximum atomic E-state index is 13.5. The van der Waals surface area contributed by atoms with Crippen LogP contribution >= 0.6 is 0 Å². The van der Waals surface area contributed by atoms with Crippen LogP contribution in [-0.2, 0) is 23.6 Å². The van der Waals surface area contributed by atoms with Gasteiger partial charge >= 0.3 is 12.4 Å². The third-order valence-corrected chi connectivity index (χ3v) is 7.22. The summed E-state index contributed by atoms with van der Waals surface area (Å²) in [5, 5.41) is 0. The Bertz CT molecular complexity index is 1460. The summed E-state index contributed by atoms with van der Waals surface area (Å²) < 4.78 is 94.0. The number of alkyl halides is 6. The van der Waals surface area contributed by atoms with E-state index in [1.807, 2.05) is 32.0 Å². The van der Waals surface area contributed by atoms with Crippen molar-refractivity contribution >= 4 is 17.9 Å². The Balaban J connectivity index is 1.65. The number of halogens is 7. The third-order valence-electron chi connectivity index (χ3n) is 7.22. The van der Waals surface area contributed by atoms with E-state index in [-0.39, 0.29) is 32.1 Å². The molecule has 1 fully saturated rings. The predicted octanol–water partition coefficient (Wildman–Crippen LogP) is 7.09. The summed E-state index contributed by atoms with van der Waals surface area (Å²) >= 11 is 0. The van der Waals surface area contributed by atoms with Gasteiger partial charge < -0.3 is 9.80 Å². The summed E-state index contributed by atoms with van der Waals surface area (Å²) in [5.41, 5.74) is -0.548. The minimum Gasteiger partial charge on any atom is -0.335 e. The lowest BCUT2D eigenvalue weighted by Gasteiger charge is -2.41. The summed E-state index contributed by atoms with van der Waals surface area (Å²) in [4.78, 5) is 29.2. The molecule has 222 valence electrons. The summed E-state index contributed by atoms with van der Waals surface area (Å²) in [6.45, 7) is 3.69. The lowest BCUT2D eigenvalue weighted by atomic mass is 9.97. The normalized spacial score (nSPS) is 16.3. The van der Waals surface area contributed by atoms with E-state index in [1.165, 1.54) is 46.2 Å². The number of amides is 2. The predicted molar refractivity (Wildman–Crippen MR) is 143 cm³/mol. The quantitative estimate of drug-likeness (QED) is 0.235. The van der Waals surface area contributed by atoms with Gasteiger partial charge in [0.2, 0.25) is 5.91 Å². The highest BCUT2D eigenvalue weighted by atomic mass is 19.4. The Morgan fingerprint density at radius 3 is 2.02 bits per heavy atom. The largest absolute Gasteiger partial charge is 0.416 e. The number of hydrogen-bond donors (Lipinski definition) is 0. The van der Waals surface area contributed by atoms with Gasteiger partial charge in [-0.3, -0.25) is 9.59 Å². The van der Waals surface area contributed by atoms with Crippen LogP contribution in [-0.4, -0.2) is 47.3 Å². The van der Waals surface area contributed by atoms with E-state index in [0.717, 1.165) is 16.7 Å². The topological polar surface area (TPSA) is 40.6 Å². The van der Waals surface area contributed by atoms with Crippen LogP contribution in [0.1, 0.15) is 43.7 Å². The fourth-order valence-corrected chi connectivity index (χ4v) is 4.79. The Labute approximate surface area is 238 Å². The molecule has 1 aliphatic heterocycles. The van der Waals surface area contributed by atoms with Crippen LogP contribution in [0, 0.1) is 19.7 Å². The number of carbonyl (C=O) groups is 2. The van der Waals surface area contributed by atoms with E-state index in [0.29, 0.717) is 17.7 Å². The molecule has 42 heavy (non-hydrogen) atoms. The number of piperazine rings is 1. The molecule has 0 radical (unpaired) electrons. The molecule has 4 nitrogen and oxygen atoms in total. The van der Waals surface area contributed by atoms with E-state index in [9.17, 15) is 40.3 Å². The lowest BCUT2D eigenvalue weighted by molar-refractivity contribution is -0.143. The molecular weight excluding hydrogens is 565 g/mol. The smallest absolute Gasteiger partial charge is 0.335 e. The molecule has 0 bridgehead atoms. The molecule has 1 aliphatic rings. The van der Waals surface area contributed by atoms with E-state index in [4.69, 9.17) is 0 Å². The van der Waals surface area contributed by atoms with Crippen molar-refractivity contribution in [3.63, 3.8) is 0 Å². The number of hydrogen-bond acceptors (Lipinski definition) is 2. The first-order chi connectivity index (χ1) is 19.6. The highest BCUT2D eigenvalue weighted by Gasteiger charge is 2.39. The van der Waals surface area contributed by atoms with Gasteiger partial charge in [0.1, 0.15) is 5.82 Å². The molecule has 1 heterocycles. The third kappa shape index (κ3) is 7.37. The van der Waals surface area contributed by atoms with Gasteiger partial charge in [-0.05, 0) is 78.9 Å². The van der Waals surface area contributed by atoms with Crippen molar-refractivity contribution in [2.24, 2.45) is 0 Å². The maximum Gasteiger partial charge on any atom is 0.416 e. The van der Waals surface area contributed by atoms with Gasteiger partial charge in [-0.15, -0.1) is 0 Å². The molecule has 0 N–H and O–H groups in total. The van der Waals surface area contributed by atoms with Crippen molar-refractivity contribution in [1.82, 2.24) is 9.80 Å². The van der Waals surface area contributed by atoms with E-state index < -0.39 is 52.7 Å². The summed E-state index contributed by atoms with van der Waals surface area (Å²) in [6, 6.07) is 11.1. The number of carbonyl (C=O) groups excluding carboxylic acids is 2. The Kier molecular flexibility index (Phi) is 8.79. The molecule has 1 atom stereocenters. The van der Waals surface area contributed by atoms with Crippen LogP contribution in [0.3, 0.4) is 0 Å². The zero-order chi connectivity index (χ0) is 30.8. The van der Waals surface area contributed by atoms with E-state index in [2.05, 4.69) is 0 Å². The second kappa shape index (κ2) is 12.0.